The van der Waals surface area contributed by atoms with Crippen molar-refractivity contribution < 1.29 is 4.79 Å². The summed E-state index contributed by atoms with van der Waals surface area (Å²) in [5.41, 5.74) is 0.568. The van der Waals surface area contributed by atoms with Gasteiger partial charge in [-0.05, 0) is 12.8 Å². The van der Waals surface area contributed by atoms with Gasteiger partial charge < -0.3 is 4.57 Å². The van der Waals surface area contributed by atoms with E-state index in [-0.39, 0.29) is 5.78 Å². The molecule has 0 bridgehead atoms. The number of carbonyl (C=O) groups is 1. The van der Waals surface area contributed by atoms with Gasteiger partial charge in [0.05, 0.1) is 0 Å². The Morgan fingerprint density at radius 3 is 2.62 bits per heavy atom. The smallest absolute Gasteiger partial charge is 0.179 e. The van der Waals surface area contributed by atoms with E-state index >= 15 is 0 Å². The number of nitrogens with zero attached hydrogens (tertiary/aromatic N) is 2. The van der Waals surface area contributed by atoms with Crippen LogP contribution >= 0.6 is 0 Å². The van der Waals surface area contributed by atoms with Crippen LogP contribution in [0, 0.1) is 12.8 Å². The van der Waals surface area contributed by atoms with Gasteiger partial charge in [-0.2, -0.15) is 0 Å². The number of hydrogen-bond acceptors (Lipinski definition) is 2. The van der Waals surface area contributed by atoms with Gasteiger partial charge in [0.2, 0.25) is 0 Å². The van der Waals surface area contributed by atoms with Gasteiger partial charge in [0, 0.05) is 19.7 Å². The lowest BCUT2D eigenvalue weighted by atomic mass is 10.2. The third-order valence-corrected chi connectivity index (χ3v) is 1.90. The molecular formula is C10H16N2O. The minimum atomic E-state index is 0.0330. The fraction of sp³-hybridized carbons (Fsp3) is 0.600. The average molecular weight is 180 g/mol. The van der Waals surface area contributed by atoms with Crippen LogP contribution in [0.1, 0.15) is 37.1 Å². The van der Waals surface area contributed by atoms with E-state index in [0.717, 1.165) is 12.4 Å². The lowest BCUT2D eigenvalue weighted by molar-refractivity contribution is 0.101. The summed E-state index contributed by atoms with van der Waals surface area (Å²) in [5.74, 6) is 1.53. The standard InChI is InChI=1S/C10H16N2O/c1-7(2)5-12-6-10(8(3)13)11-9(12)4/h6-7H,5H2,1-4H3. The van der Waals surface area contributed by atoms with Crippen molar-refractivity contribution >= 4 is 5.78 Å². The lowest BCUT2D eigenvalue weighted by Crippen LogP contribution is -2.04. The predicted octanol–water partition coefficient (Wildman–Crippen LogP) is 2.05. The molecule has 13 heavy (non-hydrogen) atoms. The van der Waals surface area contributed by atoms with Gasteiger partial charge in [-0.1, -0.05) is 13.8 Å². The zero-order valence-corrected chi connectivity index (χ0v) is 8.66. The topological polar surface area (TPSA) is 34.9 Å². The molecule has 0 aliphatic carbocycles. The minimum absolute atomic E-state index is 0.0330. The molecule has 72 valence electrons. The first-order valence-electron chi connectivity index (χ1n) is 4.55. The average Bonchev–Trinajstić information content (AvgIpc) is 2.31. The molecule has 0 radical (unpaired) electrons. The van der Waals surface area contributed by atoms with Crippen LogP contribution in [0.2, 0.25) is 0 Å². The molecule has 0 amide bonds. The van der Waals surface area contributed by atoms with Crippen LogP contribution in [0.25, 0.3) is 0 Å². The molecule has 0 atom stereocenters. The van der Waals surface area contributed by atoms with Gasteiger partial charge in [-0.3, -0.25) is 4.79 Å². The maximum atomic E-state index is 11.0. The highest BCUT2D eigenvalue weighted by atomic mass is 16.1. The maximum absolute atomic E-state index is 11.0. The molecule has 3 nitrogen and oxygen atoms in total. The summed E-state index contributed by atoms with van der Waals surface area (Å²) in [4.78, 5) is 15.2. The Balaban J connectivity index is 2.90. The molecule has 0 saturated heterocycles. The molecule has 0 aliphatic heterocycles. The molecule has 1 aromatic rings. The SMILES string of the molecule is CC(=O)c1cn(CC(C)C)c(C)n1. The van der Waals surface area contributed by atoms with Crippen molar-refractivity contribution in [2.24, 2.45) is 5.92 Å². The van der Waals surface area contributed by atoms with Crippen LogP contribution in [0.5, 0.6) is 0 Å². The fourth-order valence-electron chi connectivity index (χ4n) is 1.26. The molecule has 1 rings (SSSR count). The molecule has 3 heteroatoms. The van der Waals surface area contributed by atoms with E-state index in [4.69, 9.17) is 0 Å². The van der Waals surface area contributed by atoms with Crippen molar-refractivity contribution in [3.05, 3.63) is 17.7 Å². The first-order valence-corrected chi connectivity index (χ1v) is 4.55. The zero-order chi connectivity index (χ0) is 10.0. The normalized spacial score (nSPS) is 10.8. The number of aromatic nitrogens is 2. The fourth-order valence-corrected chi connectivity index (χ4v) is 1.26. The van der Waals surface area contributed by atoms with Crippen molar-refractivity contribution in [3.63, 3.8) is 0 Å². The summed E-state index contributed by atoms with van der Waals surface area (Å²) in [6.45, 7) is 8.68. The van der Waals surface area contributed by atoms with Crippen LogP contribution in [-0.4, -0.2) is 15.3 Å². The van der Waals surface area contributed by atoms with Crippen molar-refractivity contribution in [1.82, 2.24) is 9.55 Å². The van der Waals surface area contributed by atoms with Gasteiger partial charge in [-0.25, -0.2) is 4.98 Å². The second-order valence-electron chi connectivity index (χ2n) is 3.78. The van der Waals surface area contributed by atoms with Gasteiger partial charge in [0.25, 0.3) is 0 Å². The van der Waals surface area contributed by atoms with E-state index < -0.39 is 0 Å². The molecule has 0 aliphatic rings. The molecule has 0 saturated carbocycles. The van der Waals surface area contributed by atoms with E-state index in [1.807, 2.05) is 17.7 Å². The highest BCUT2D eigenvalue weighted by Gasteiger charge is 2.08. The number of ketones is 1. The summed E-state index contributed by atoms with van der Waals surface area (Å²) >= 11 is 0. The Labute approximate surface area is 78.8 Å². The van der Waals surface area contributed by atoms with Crippen LogP contribution in [0.15, 0.2) is 6.20 Å². The first-order chi connectivity index (χ1) is 6.00. The third kappa shape index (κ3) is 2.41. The van der Waals surface area contributed by atoms with Gasteiger partial charge >= 0.3 is 0 Å². The van der Waals surface area contributed by atoms with Gasteiger partial charge in [0.1, 0.15) is 11.5 Å². The lowest BCUT2D eigenvalue weighted by Gasteiger charge is -2.06. The minimum Gasteiger partial charge on any atom is -0.334 e. The van der Waals surface area contributed by atoms with Crippen molar-refractivity contribution in [2.75, 3.05) is 0 Å². The summed E-state index contributed by atoms with van der Waals surface area (Å²) in [6.07, 6.45) is 1.83. The molecule has 0 N–H and O–H groups in total. The second kappa shape index (κ2) is 3.73. The van der Waals surface area contributed by atoms with Crippen LogP contribution < -0.4 is 0 Å². The van der Waals surface area contributed by atoms with Gasteiger partial charge in [0.15, 0.2) is 5.78 Å². The van der Waals surface area contributed by atoms with E-state index in [0.29, 0.717) is 11.6 Å². The predicted molar refractivity (Wildman–Crippen MR) is 51.8 cm³/mol. The van der Waals surface area contributed by atoms with Crippen molar-refractivity contribution in [3.8, 4) is 0 Å². The molecule has 0 unspecified atom stereocenters. The van der Waals surface area contributed by atoms with Crippen molar-refractivity contribution in [2.45, 2.75) is 34.2 Å². The van der Waals surface area contributed by atoms with Crippen LogP contribution in [0.3, 0.4) is 0 Å². The van der Waals surface area contributed by atoms with E-state index in [1.54, 1.807) is 6.92 Å². The zero-order valence-electron chi connectivity index (χ0n) is 8.66. The largest absolute Gasteiger partial charge is 0.334 e. The second-order valence-corrected chi connectivity index (χ2v) is 3.78. The third-order valence-electron chi connectivity index (χ3n) is 1.90. The van der Waals surface area contributed by atoms with E-state index in [2.05, 4.69) is 18.8 Å². The van der Waals surface area contributed by atoms with E-state index in [9.17, 15) is 4.79 Å². The van der Waals surface area contributed by atoms with Crippen LogP contribution in [-0.2, 0) is 6.54 Å². The molecule has 0 aromatic carbocycles. The molecular weight excluding hydrogens is 164 g/mol. The monoisotopic (exact) mass is 180 g/mol. The maximum Gasteiger partial charge on any atom is 0.179 e. The number of Topliss-reactive ketones (excluding diaryl/α,β-unsaturated/α-hetero) is 1. The molecule has 1 heterocycles. The number of rotatable bonds is 3. The Morgan fingerprint density at radius 2 is 2.23 bits per heavy atom. The van der Waals surface area contributed by atoms with Gasteiger partial charge in [-0.15, -0.1) is 0 Å². The van der Waals surface area contributed by atoms with Crippen molar-refractivity contribution in [1.29, 1.82) is 0 Å². The first kappa shape index (κ1) is 9.96. The Hall–Kier alpha value is -1.12. The number of imidazole rings is 1. The van der Waals surface area contributed by atoms with E-state index in [1.165, 1.54) is 0 Å². The highest BCUT2D eigenvalue weighted by molar-refractivity contribution is 5.91. The number of hydrogen-bond donors (Lipinski definition) is 0. The Kier molecular flexibility index (Phi) is 2.86. The molecule has 1 aromatic heterocycles. The molecule has 0 fully saturated rings. The summed E-state index contributed by atoms with van der Waals surface area (Å²) < 4.78 is 2.03. The number of carbonyl (C=O) groups excluding carboxylic acids is 1. The summed E-state index contributed by atoms with van der Waals surface area (Å²) in [6, 6.07) is 0. The quantitative estimate of drug-likeness (QED) is 0.667. The summed E-state index contributed by atoms with van der Waals surface area (Å²) in [7, 11) is 0. The van der Waals surface area contributed by atoms with Crippen LogP contribution in [0.4, 0.5) is 0 Å². The summed E-state index contributed by atoms with van der Waals surface area (Å²) in [5, 5.41) is 0. The molecule has 0 spiro atoms. The Bertz CT molecular complexity index is 313. The number of aryl methyl sites for hydroxylation is 1. The Morgan fingerprint density at radius 1 is 1.62 bits per heavy atom. The highest BCUT2D eigenvalue weighted by Crippen LogP contribution is 2.06.